The maximum atomic E-state index is 12.5. The summed E-state index contributed by atoms with van der Waals surface area (Å²) in [6.45, 7) is 7.30. The Labute approximate surface area is 120 Å². The molecule has 0 atom stereocenters. The highest BCUT2D eigenvalue weighted by Gasteiger charge is 2.30. The van der Waals surface area contributed by atoms with Gasteiger partial charge in [0.15, 0.2) is 0 Å². The summed E-state index contributed by atoms with van der Waals surface area (Å²) in [6.07, 6.45) is 4.25. The van der Waals surface area contributed by atoms with Crippen LogP contribution in [0.4, 0.5) is 5.82 Å². The average Bonchev–Trinajstić information content (AvgIpc) is 2.38. The first kappa shape index (κ1) is 15.0. The van der Waals surface area contributed by atoms with Crippen LogP contribution in [0.2, 0.25) is 0 Å². The van der Waals surface area contributed by atoms with E-state index in [-0.39, 0.29) is 16.1 Å². The van der Waals surface area contributed by atoms with Gasteiger partial charge in [-0.1, -0.05) is 32.4 Å². The Balaban J connectivity index is 2.27. The summed E-state index contributed by atoms with van der Waals surface area (Å²) in [4.78, 5) is 3.94. The van der Waals surface area contributed by atoms with Crippen molar-refractivity contribution in [3.8, 4) is 0 Å². The Bertz CT molecular complexity index is 630. The number of nitrogens with zero attached hydrogens (tertiary/aromatic N) is 2. The highest BCUT2D eigenvalue weighted by Crippen LogP contribution is 2.32. The van der Waals surface area contributed by atoms with Crippen molar-refractivity contribution in [2.75, 3.05) is 18.8 Å². The minimum Gasteiger partial charge on any atom is -0.383 e. The molecule has 0 aromatic carbocycles. The van der Waals surface area contributed by atoms with E-state index in [1.54, 1.807) is 6.07 Å². The zero-order chi connectivity index (χ0) is 15.0. The molecule has 0 amide bonds. The Morgan fingerprint density at radius 1 is 1.35 bits per heavy atom. The third kappa shape index (κ3) is 2.86. The fourth-order valence-corrected chi connectivity index (χ4v) is 3.76. The Hall–Kier alpha value is -1.40. The minimum absolute atomic E-state index is 0.0538. The monoisotopic (exact) mass is 295 g/mol. The number of sulfonamides is 1. The van der Waals surface area contributed by atoms with E-state index in [0.717, 1.165) is 6.42 Å². The molecule has 1 aliphatic heterocycles. The molecule has 0 saturated heterocycles. The first-order chi connectivity index (χ1) is 9.23. The van der Waals surface area contributed by atoms with Gasteiger partial charge in [0.05, 0.1) is 0 Å². The lowest BCUT2D eigenvalue weighted by Crippen LogP contribution is -2.36. The molecule has 110 valence electrons. The van der Waals surface area contributed by atoms with E-state index in [9.17, 15) is 8.42 Å². The molecule has 6 heteroatoms. The van der Waals surface area contributed by atoms with Crippen molar-refractivity contribution in [1.82, 2.24) is 9.29 Å². The predicted molar refractivity (Wildman–Crippen MR) is 79.6 cm³/mol. The molecule has 2 heterocycles. The molecule has 2 rings (SSSR count). The number of pyridine rings is 1. The number of hydrogen-bond acceptors (Lipinski definition) is 4. The first-order valence-electron chi connectivity index (χ1n) is 6.63. The second-order valence-corrected chi connectivity index (χ2v) is 7.89. The summed E-state index contributed by atoms with van der Waals surface area (Å²) in [5.41, 5.74) is 7.06. The van der Waals surface area contributed by atoms with E-state index in [1.807, 2.05) is 6.08 Å². The molecule has 0 aliphatic carbocycles. The number of anilines is 1. The van der Waals surface area contributed by atoms with Crippen LogP contribution in [0.3, 0.4) is 0 Å². The van der Waals surface area contributed by atoms with Crippen LogP contribution in [0.25, 0.3) is 0 Å². The van der Waals surface area contributed by atoms with Gasteiger partial charge >= 0.3 is 0 Å². The van der Waals surface area contributed by atoms with Crippen LogP contribution in [-0.4, -0.2) is 30.8 Å². The van der Waals surface area contributed by atoms with Gasteiger partial charge in [0, 0.05) is 19.3 Å². The van der Waals surface area contributed by atoms with Gasteiger partial charge in [-0.25, -0.2) is 13.4 Å². The Morgan fingerprint density at radius 3 is 2.55 bits per heavy atom. The lowest BCUT2D eigenvalue weighted by Gasteiger charge is -2.31. The van der Waals surface area contributed by atoms with Crippen LogP contribution in [0.15, 0.2) is 34.9 Å². The van der Waals surface area contributed by atoms with Crippen molar-refractivity contribution >= 4 is 15.8 Å². The van der Waals surface area contributed by atoms with Gasteiger partial charge < -0.3 is 5.73 Å². The van der Waals surface area contributed by atoms with Crippen molar-refractivity contribution in [2.24, 2.45) is 5.41 Å². The van der Waals surface area contributed by atoms with E-state index in [4.69, 9.17) is 5.73 Å². The number of nitrogens with two attached hydrogens (primary N) is 1. The molecule has 5 nitrogen and oxygen atoms in total. The Kier molecular flexibility index (Phi) is 3.88. The van der Waals surface area contributed by atoms with Gasteiger partial charge in [0.1, 0.15) is 10.7 Å². The van der Waals surface area contributed by atoms with Crippen LogP contribution in [0.5, 0.6) is 0 Å². The summed E-state index contributed by atoms with van der Waals surface area (Å²) in [7, 11) is -3.56. The maximum absolute atomic E-state index is 12.5. The van der Waals surface area contributed by atoms with Gasteiger partial charge in [-0.05, 0) is 24.0 Å². The van der Waals surface area contributed by atoms with Gasteiger partial charge in [0.25, 0.3) is 0 Å². The summed E-state index contributed by atoms with van der Waals surface area (Å²) < 4.78 is 26.5. The molecule has 2 N–H and O–H groups in total. The molecule has 20 heavy (non-hydrogen) atoms. The molecule has 1 aromatic rings. The molecular formula is C14H21N3O2S. The van der Waals surface area contributed by atoms with Crippen molar-refractivity contribution < 1.29 is 8.42 Å². The zero-order valence-electron chi connectivity index (χ0n) is 12.1. The van der Waals surface area contributed by atoms with E-state index >= 15 is 0 Å². The second kappa shape index (κ2) is 5.18. The quantitative estimate of drug-likeness (QED) is 0.847. The van der Waals surface area contributed by atoms with Crippen molar-refractivity contribution in [3.05, 3.63) is 30.0 Å². The molecule has 1 aliphatic rings. The molecule has 0 radical (unpaired) electrons. The molecule has 0 fully saturated rings. The third-order valence-electron chi connectivity index (χ3n) is 3.55. The van der Waals surface area contributed by atoms with Gasteiger partial charge in [-0.2, -0.15) is 4.31 Å². The summed E-state index contributed by atoms with van der Waals surface area (Å²) >= 11 is 0. The van der Waals surface area contributed by atoms with Crippen molar-refractivity contribution in [1.29, 1.82) is 0 Å². The van der Waals surface area contributed by atoms with Crippen molar-refractivity contribution in [3.63, 3.8) is 0 Å². The summed E-state index contributed by atoms with van der Waals surface area (Å²) in [5.74, 6) is 0.0538. The molecule has 0 saturated carbocycles. The van der Waals surface area contributed by atoms with Gasteiger partial charge in [0.2, 0.25) is 10.0 Å². The lowest BCUT2D eigenvalue weighted by molar-refractivity contribution is 0.389. The van der Waals surface area contributed by atoms with E-state index < -0.39 is 10.0 Å². The third-order valence-corrected chi connectivity index (χ3v) is 5.47. The summed E-state index contributed by atoms with van der Waals surface area (Å²) in [6, 6.07) is 3.09. The number of hydrogen-bond donors (Lipinski definition) is 1. The van der Waals surface area contributed by atoms with Gasteiger partial charge in [-0.3, -0.25) is 0 Å². The normalized spacial score (nSPS) is 17.9. The number of rotatable bonds is 2. The number of aromatic nitrogens is 1. The first-order valence-corrected chi connectivity index (χ1v) is 8.07. The van der Waals surface area contributed by atoms with Crippen molar-refractivity contribution in [2.45, 2.75) is 32.1 Å². The predicted octanol–water partition coefficient (Wildman–Crippen LogP) is 2.03. The smallest absolute Gasteiger partial charge is 0.247 e. The maximum Gasteiger partial charge on any atom is 0.247 e. The summed E-state index contributed by atoms with van der Waals surface area (Å²) in [5, 5.41) is 0. The van der Waals surface area contributed by atoms with E-state index in [1.165, 1.54) is 22.1 Å². The minimum atomic E-state index is -3.56. The standard InChI is InChI=1S/C14H21N3O2S/c1-14(2,3)11-6-9-17(10-7-11)20(18,19)12-5-4-8-16-13(12)15/h4-6,8H,7,9-10H2,1-3H3,(H2,15,16). The second-order valence-electron chi connectivity index (χ2n) is 5.98. The van der Waals surface area contributed by atoms with Gasteiger partial charge in [-0.15, -0.1) is 0 Å². The Morgan fingerprint density at radius 2 is 2.05 bits per heavy atom. The highest BCUT2D eigenvalue weighted by molar-refractivity contribution is 7.89. The molecule has 0 unspecified atom stereocenters. The largest absolute Gasteiger partial charge is 0.383 e. The van der Waals surface area contributed by atoms with E-state index in [2.05, 4.69) is 25.8 Å². The molecular weight excluding hydrogens is 274 g/mol. The van der Waals surface area contributed by atoms with E-state index in [0.29, 0.717) is 13.1 Å². The molecule has 1 aromatic heterocycles. The fourth-order valence-electron chi connectivity index (χ4n) is 2.31. The average molecular weight is 295 g/mol. The zero-order valence-corrected chi connectivity index (χ0v) is 12.9. The lowest BCUT2D eigenvalue weighted by atomic mass is 9.83. The number of nitrogen functional groups attached to an aromatic ring is 1. The fraction of sp³-hybridized carbons (Fsp3) is 0.500. The molecule has 0 bridgehead atoms. The SMILES string of the molecule is CC(C)(C)C1=CCN(S(=O)(=O)c2cccnc2N)CC1. The van der Waals surface area contributed by atoms with Crippen LogP contribution in [0.1, 0.15) is 27.2 Å². The molecule has 0 spiro atoms. The van der Waals surface area contributed by atoms with Crippen LogP contribution < -0.4 is 5.73 Å². The van der Waals surface area contributed by atoms with Crippen LogP contribution >= 0.6 is 0 Å². The topological polar surface area (TPSA) is 76.3 Å². The highest BCUT2D eigenvalue weighted by atomic mass is 32.2. The van der Waals surface area contributed by atoms with Crippen LogP contribution in [0, 0.1) is 5.41 Å². The van der Waals surface area contributed by atoms with Crippen LogP contribution in [-0.2, 0) is 10.0 Å².